The van der Waals surface area contributed by atoms with Gasteiger partial charge in [-0.1, -0.05) is 31.2 Å². The minimum absolute atomic E-state index is 0.413. The number of rotatable bonds is 4. The van der Waals surface area contributed by atoms with Crippen molar-refractivity contribution in [3.05, 3.63) is 41.6 Å². The Kier molecular flexibility index (Phi) is 3.10. The molecule has 2 aliphatic rings. The van der Waals surface area contributed by atoms with E-state index < -0.39 is 6.23 Å². The Hall–Kier alpha value is -1.32. The number of fused-ring (bicyclic) bond motifs is 1. The van der Waals surface area contributed by atoms with Gasteiger partial charge in [-0.05, 0) is 36.4 Å². The maximum atomic E-state index is 9.97. The fourth-order valence-corrected chi connectivity index (χ4v) is 2.77. The average Bonchev–Trinajstić information content (AvgIpc) is 3.22. The van der Waals surface area contributed by atoms with Crippen molar-refractivity contribution in [2.24, 2.45) is 5.92 Å². The summed E-state index contributed by atoms with van der Waals surface area (Å²) in [6, 6.07) is 8.54. The van der Waals surface area contributed by atoms with Crippen molar-refractivity contribution in [2.45, 2.75) is 32.0 Å². The fourth-order valence-electron chi connectivity index (χ4n) is 2.77. The third-order valence-corrected chi connectivity index (χ3v) is 3.82. The molecule has 1 aromatic rings. The molecule has 96 valence electrons. The zero-order valence-electron chi connectivity index (χ0n) is 10.7. The Morgan fingerprint density at radius 3 is 2.89 bits per heavy atom. The van der Waals surface area contributed by atoms with Crippen LogP contribution in [0.4, 0.5) is 0 Å². The molecule has 0 aromatic heterocycles. The molecule has 3 heteroatoms. The van der Waals surface area contributed by atoms with E-state index in [1.807, 2.05) is 24.4 Å². The second kappa shape index (κ2) is 4.75. The van der Waals surface area contributed by atoms with Crippen molar-refractivity contribution in [3.8, 4) is 0 Å². The molecule has 0 spiro atoms. The lowest BCUT2D eigenvalue weighted by molar-refractivity contribution is 0.154. The van der Waals surface area contributed by atoms with E-state index in [1.54, 1.807) is 0 Å². The van der Waals surface area contributed by atoms with Crippen LogP contribution < -0.4 is 10.6 Å². The maximum absolute atomic E-state index is 9.97. The summed E-state index contributed by atoms with van der Waals surface area (Å²) < 4.78 is 0. The van der Waals surface area contributed by atoms with Crippen LogP contribution in [-0.2, 0) is 0 Å². The van der Waals surface area contributed by atoms with Crippen molar-refractivity contribution >= 4 is 5.57 Å². The van der Waals surface area contributed by atoms with Crippen LogP contribution in [0.2, 0.25) is 0 Å². The molecule has 1 fully saturated rings. The van der Waals surface area contributed by atoms with Crippen molar-refractivity contribution in [1.82, 2.24) is 10.6 Å². The topological polar surface area (TPSA) is 44.3 Å². The van der Waals surface area contributed by atoms with E-state index in [0.29, 0.717) is 6.04 Å². The minimum Gasteiger partial charge on any atom is -0.369 e. The number of hydrogen-bond donors (Lipinski definition) is 3. The van der Waals surface area contributed by atoms with Gasteiger partial charge in [-0.2, -0.15) is 0 Å². The molecular weight excluding hydrogens is 224 g/mol. The third kappa shape index (κ3) is 2.04. The van der Waals surface area contributed by atoms with Gasteiger partial charge in [0.25, 0.3) is 0 Å². The number of aliphatic hydroxyl groups excluding tert-OH is 1. The maximum Gasteiger partial charge on any atom is 0.150 e. The van der Waals surface area contributed by atoms with Gasteiger partial charge >= 0.3 is 0 Å². The van der Waals surface area contributed by atoms with E-state index >= 15 is 0 Å². The van der Waals surface area contributed by atoms with Crippen LogP contribution in [0.1, 0.15) is 37.1 Å². The molecule has 3 rings (SSSR count). The molecule has 1 aromatic carbocycles. The molecule has 3 N–H and O–H groups in total. The van der Waals surface area contributed by atoms with Gasteiger partial charge in [0.2, 0.25) is 0 Å². The quantitative estimate of drug-likeness (QED) is 0.759. The third-order valence-electron chi connectivity index (χ3n) is 3.82. The second-order valence-electron chi connectivity index (χ2n) is 5.13. The van der Waals surface area contributed by atoms with Crippen LogP contribution in [-0.4, -0.2) is 17.7 Å². The molecule has 1 aliphatic carbocycles. The van der Waals surface area contributed by atoms with E-state index in [2.05, 4.69) is 23.6 Å². The Bertz CT molecular complexity index is 465. The number of likely N-dealkylation sites (N-methyl/N-ethyl adjacent to an activating group) is 1. The highest BCUT2D eigenvalue weighted by molar-refractivity contribution is 5.74. The monoisotopic (exact) mass is 244 g/mol. The largest absolute Gasteiger partial charge is 0.369 e. The highest BCUT2D eigenvalue weighted by Crippen LogP contribution is 2.40. The lowest BCUT2D eigenvalue weighted by Gasteiger charge is -2.29. The molecule has 3 nitrogen and oxygen atoms in total. The number of aliphatic hydroxyl groups is 1. The first-order valence-corrected chi connectivity index (χ1v) is 6.78. The van der Waals surface area contributed by atoms with Gasteiger partial charge in [0, 0.05) is 17.8 Å². The first-order chi connectivity index (χ1) is 8.81. The van der Waals surface area contributed by atoms with Gasteiger partial charge in [-0.15, -0.1) is 0 Å². The van der Waals surface area contributed by atoms with Crippen LogP contribution in [0.5, 0.6) is 0 Å². The van der Waals surface area contributed by atoms with Crippen molar-refractivity contribution < 1.29 is 5.11 Å². The van der Waals surface area contributed by atoms with Crippen molar-refractivity contribution in [2.75, 3.05) is 6.54 Å². The van der Waals surface area contributed by atoms with Crippen LogP contribution in [0.25, 0.3) is 5.57 Å². The number of hydrogen-bond acceptors (Lipinski definition) is 3. The summed E-state index contributed by atoms with van der Waals surface area (Å²) in [7, 11) is 0. The molecule has 1 aliphatic heterocycles. The number of nitrogens with one attached hydrogen (secondary N) is 2. The van der Waals surface area contributed by atoms with Crippen molar-refractivity contribution in [1.29, 1.82) is 0 Å². The van der Waals surface area contributed by atoms with Crippen LogP contribution in [0.3, 0.4) is 0 Å². The highest BCUT2D eigenvalue weighted by Gasteiger charge is 2.35. The molecule has 0 saturated heterocycles. The first kappa shape index (κ1) is 11.8. The van der Waals surface area contributed by atoms with E-state index in [4.69, 9.17) is 0 Å². The van der Waals surface area contributed by atoms with Gasteiger partial charge in [-0.25, -0.2) is 0 Å². The Morgan fingerprint density at radius 1 is 1.39 bits per heavy atom. The molecule has 0 radical (unpaired) electrons. The SMILES string of the molecule is CCNC(C1=CNC(O)c2ccccc21)C1CC1. The summed E-state index contributed by atoms with van der Waals surface area (Å²) in [5.41, 5.74) is 3.46. The summed E-state index contributed by atoms with van der Waals surface area (Å²) in [5.74, 6) is 0.751. The highest BCUT2D eigenvalue weighted by atomic mass is 16.3. The molecule has 1 heterocycles. The van der Waals surface area contributed by atoms with Gasteiger partial charge in [0.1, 0.15) is 0 Å². The normalized spacial score (nSPS) is 23.9. The lowest BCUT2D eigenvalue weighted by Crippen LogP contribution is -2.35. The van der Waals surface area contributed by atoms with E-state index in [0.717, 1.165) is 18.0 Å². The minimum atomic E-state index is -0.577. The molecular formula is C15H20N2O. The smallest absolute Gasteiger partial charge is 0.150 e. The Morgan fingerprint density at radius 2 is 2.17 bits per heavy atom. The Balaban J connectivity index is 1.96. The molecule has 18 heavy (non-hydrogen) atoms. The zero-order chi connectivity index (χ0) is 12.5. The predicted molar refractivity (Wildman–Crippen MR) is 72.7 cm³/mol. The van der Waals surface area contributed by atoms with E-state index in [9.17, 15) is 5.11 Å². The average molecular weight is 244 g/mol. The number of benzene rings is 1. The summed E-state index contributed by atoms with van der Waals surface area (Å²) in [5, 5.41) is 16.6. The fraction of sp³-hybridized carbons (Fsp3) is 0.467. The molecule has 0 bridgehead atoms. The van der Waals surface area contributed by atoms with E-state index in [-0.39, 0.29) is 0 Å². The van der Waals surface area contributed by atoms with Gasteiger partial charge < -0.3 is 15.7 Å². The van der Waals surface area contributed by atoms with E-state index in [1.165, 1.54) is 24.0 Å². The van der Waals surface area contributed by atoms with Crippen LogP contribution >= 0.6 is 0 Å². The first-order valence-electron chi connectivity index (χ1n) is 6.78. The van der Waals surface area contributed by atoms with Crippen LogP contribution in [0.15, 0.2) is 30.5 Å². The predicted octanol–water partition coefficient (Wildman–Crippen LogP) is 2.01. The van der Waals surface area contributed by atoms with Gasteiger partial charge in [0.05, 0.1) is 0 Å². The van der Waals surface area contributed by atoms with Crippen molar-refractivity contribution in [3.63, 3.8) is 0 Å². The zero-order valence-corrected chi connectivity index (χ0v) is 10.7. The molecule has 0 amide bonds. The molecule has 2 unspecified atom stereocenters. The van der Waals surface area contributed by atoms with Gasteiger partial charge in [0.15, 0.2) is 6.23 Å². The molecule has 1 saturated carbocycles. The standard InChI is InChI=1S/C15H20N2O/c1-2-16-14(10-7-8-10)13-9-17-15(18)12-6-4-3-5-11(12)13/h3-6,9-10,14-18H,2,7-8H2,1H3. The van der Waals surface area contributed by atoms with Crippen LogP contribution in [0, 0.1) is 5.92 Å². The summed E-state index contributed by atoms with van der Waals surface area (Å²) >= 11 is 0. The summed E-state index contributed by atoms with van der Waals surface area (Å²) in [6.07, 6.45) is 4.02. The summed E-state index contributed by atoms with van der Waals surface area (Å²) in [4.78, 5) is 0. The second-order valence-corrected chi connectivity index (χ2v) is 5.13. The summed E-state index contributed by atoms with van der Waals surface area (Å²) in [6.45, 7) is 3.12. The molecule has 2 atom stereocenters. The lowest BCUT2D eigenvalue weighted by atomic mass is 9.89. The Labute approximate surface area is 108 Å². The van der Waals surface area contributed by atoms with Gasteiger partial charge in [-0.3, -0.25) is 0 Å².